The number of benzene rings is 1. The first-order valence-electron chi connectivity index (χ1n) is 8.55. The normalized spacial score (nSPS) is 16.0. The van der Waals surface area contributed by atoms with E-state index in [1.165, 1.54) is 17.4 Å². The fourth-order valence-electron chi connectivity index (χ4n) is 3.14. The third kappa shape index (κ3) is 3.31. The zero-order valence-electron chi connectivity index (χ0n) is 15.7. The molecule has 0 bridgehead atoms. The van der Waals surface area contributed by atoms with Gasteiger partial charge < -0.3 is 9.47 Å². The summed E-state index contributed by atoms with van der Waals surface area (Å²) in [6, 6.07) is 10.6. The molecule has 1 aromatic heterocycles. The van der Waals surface area contributed by atoms with Crippen LogP contribution in [0.2, 0.25) is 0 Å². The van der Waals surface area contributed by atoms with Gasteiger partial charge in [0.15, 0.2) is 0 Å². The Balaban J connectivity index is 1.98. The van der Waals surface area contributed by atoms with Gasteiger partial charge in [0.25, 0.3) is 5.91 Å². The molecule has 4 nitrogen and oxygen atoms in total. The molecule has 1 aromatic carbocycles. The first-order valence-corrected chi connectivity index (χ1v) is 9.78. The molecule has 0 radical (unpaired) electrons. The first-order chi connectivity index (χ1) is 12.3. The van der Waals surface area contributed by atoms with Gasteiger partial charge in [-0.1, -0.05) is 24.0 Å². The van der Waals surface area contributed by atoms with Crippen LogP contribution in [0.3, 0.4) is 0 Å². The summed E-state index contributed by atoms with van der Waals surface area (Å²) in [6.07, 6.45) is 1.96. The van der Waals surface area contributed by atoms with Crippen molar-refractivity contribution in [2.45, 2.75) is 20.8 Å². The molecule has 0 aliphatic carbocycles. The summed E-state index contributed by atoms with van der Waals surface area (Å²) in [5, 5.41) is 0. The maximum Gasteiger partial charge on any atom is 0.266 e. The number of aromatic nitrogens is 1. The molecule has 1 saturated heterocycles. The zero-order valence-corrected chi connectivity index (χ0v) is 17.4. The Morgan fingerprint density at radius 1 is 1.19 bits per heavy atom. The van der Waals surface area contributed by atoms with Crippen LogP contribution in [-0.2, 0) is 4.79 Å². The van der Waals surface area contributed by atoms with Crippen molar-refractivity contribution >= 4 is 46.0 Å². The molecule has 2 heterocycles. The highest BCUT2D eigenvalue weighted by Crippen LogP contribution is 2.33. The number of aryl methyl sites for hydroxylation is 1. The predicted octanol–water partition coefficient (Wildman–Crippen LogP) is 4.38. The van der Waals surface area contributed by atoms with E-state index in [2.05, 4.69) is 53.6 Å². The average molecular weight is 386 g/mol. The lowest BCUT2D eigenvalue weighted by Gasteiger charge is -2.14. The van der Waals surface area contributed by atoms with Gasteiger partial charge in [-0.05, 0) is 62.7 Å². The minimum absolute atomic E-state index is 0.00244. The number of rotatable bonds is 4. The van der Waals surface area contributed by atoms with Gasteiger partial charge in [-0.3, -0.25) is 9.69 Å². The maximum atomic E-state index is 12.5. The lowest BCUT2D eigenvalue weighted by atomic mass is 10.2. The molecule has 26 heavy (non-hydrogen) atoms. The number of hydrogen-bond donors (Lipinski definition) is 0. The highest BCUT2D eigenvalue weighted by molar-refractivity contribution is 8.26. The van der Waals surface area contributed by atoms with E-state index in [9.17, 15) is 4.79 Å². The summed E-state index contributed by atoms with van der Waals surface area (Å²) in [5.41, 5.74) is 5.58. The van der Waals surface area contributed by atoms with Crippen LogP contribution in [0.1, 0.15) is 23.9 Å². The number of nitrogens with zero attached hydrogens (tertiary/aromatic N) is 3. The highest BCUT2D eigenvalue weighted by Gasteiger charge is 2.30. The molecule has 0 saturated carbocycles. The lowest BCUT2D eigenvalue weighted by molar-refractivity contribution is -0.121. The molecular weight excluding hydrogens is 362 g/mol. The van der Waals surface area contributed by atoms with E-state index in [0.717, 1.165) is 22.6 Å². The molecule has 0 spiro atoms. The number of carbonyl (C=O) groups is 1. The fourth-order valence-corrected chi connectivity index (χ4v) is 4.52. The molecule has 0 N–H and O–H groups in total. The third-order valence-electron chi connectivity index (χ3n) is 4.57. The van der Waals surface area contributed by atoms with Crippen molar-refractivity contribution in [1.29, 1.82) is 0 Å². The molecule has 0 unspecified atom stereocenters. The number of amides is 1. The van der Waals surface area contributed by atoms with E-state index in [-0.39, 0.29) is 5.91 Å². The Labute approximate surface area is 164 Å². The first kappa shape index (κ1) is 18.7. The number of carbonyl (C=O) groups excluding carboxylic acids is 1. The SMILES string of the molecule is CCN1C(=O)/C(=C/c2cc(C)n(-c3ccc(N(C)C)cc3)c2C)SC1=S. The monoisotopic (exact) mass is 385 g/mol. The van der Waals surface area contributed by atoms with E-state index >= 15 is 0 Å². The molecule has 1 aliphatic rings. The Morgan fingerprint density at radius 3 is 2.38 bits per heavy atom. The second-order valence-electron chi connectivity index (χ2n) is 6.50. The van der Waals surface area contributed by atoms with Crippen LogP contribution in [0.25, 0.3) is 11.8 Å². The number of hydrogen-bond acceptors (Lipinski definition) is 4. The smallest absolute Gasteiger partial charge is 0.266 e. The van der Waals surface area contributed by atoms with Crippen LogP contribution in [-0.4, -0.2) is 40.3 Å². The molecule has 3 rings (SSSR count). The summed E-state index contributed by atoms with van der Waals surface area (Å²) in [4.78, 5) is 16.9. The summed E-state index contributed by atoms with van der Waals surface area (Å²) in [5.74, 6) is 0.00244. The van der Waals surface area contributed by atoms with Crippen molar-refractivity contribution in [3.8, 4) is 5.69 Å². The van der Waals surface area contributed by atoms with Gasteiger partial charge in [0.2, 0.25) is 0 Å². The lowest BCUT2D eigenvalue weighted by Crippen LogP contribution is -2.27. The summed E-state index contributed by atoms with van der Waals surface area (Å²) in [6.45, 7) is 6.72. The van der Waals surface area contributed by atoms with E-state index in [1.807, 2.05) is 27.1 Å². The van der Waals surface area contributed by atoms with Gasteiger partial charge in [0.05, 0.1) is 4.91 Å². The Hall–Kier alpha value is -2.05. The molecule has 6 heteroatoms. The molecule has 1 fully saturated rings. The number of thiocarbonyl (C=S) groups is 1. The van der Waals surface area contributed by atoms with Gasteiger partial charge in [0, 0.05) is 43.4 Å². The van der Waals surface area contributed by atoms with Gasteiger partial charge >= 0.3 is 0 Å². The topological polar surface area (TPSA) is 28.5 Å². The number of anilines is 1. The van der Waals surface area contributed by atoms with Crippen LogP contribution >= 0.6 is 24.0 Å². The minimum Gasteiger partial charge on any atom is -0.378 e. The summed E-state index contributed by atoms with van der Waals surface area (Å²) < 4.78 is 2.85. The standard InChI is InChI=1S/C20H23N3OS2/c1-6-22-19(24)18(26-20(22)25)12-15-11-13(2)23(14(15)3)17-9-7-16(8-10-17)21(4)5/h7-12H,6H2,1-5H3/b18-12-. The Kier molecular flexibility index (Phi) is 5.25. The predicted molar refractivity (Wildman–Crippen MR) is 115 cm³/mol. The molecule has 136 valence electrons. The zero-order chi connectivity index (χ0) is 19.0. The van der Waals surface area contributed by atoms with Crippen LogP contribution in [0.5, 0.6) is 0 Å². The van der Waals surface area contributed by atoms with Crippen molar-refractivity contribution < 1.29 is 4.79 Å². The Morgan fingerprint density at radius 2 is 1.85 bits per heavy atom. The average Bonchev–Trinajstić information content (AvgIpc) is 3.03. The van der Waals surface area contributed by atoms with Crippen molar-refractivity contribution in [3.05, 3.63) is 52.2 Å². The number of likely N-dealkylation sites (N-methyl/N-ethyl adjacent to an activating group) is 1. The third-order valence-corrected chi connectivity index (χ3v) is 5.95. The van der Waals surface area contributed by atoms with Crippen LogP contribution in [0.4, 0.5) is 5.69 Å². The molecule has 1 amide bonds. The Bertz CT molecular complexity index is 895. The molecule has 2 aromatic rings. The molecule has 1 aliphatic heterocycles. The van der Waals surface area contributed by atoms with E-state index in [1.54, 1.807) is 4.90 Å². The quantitative estimate of drug-likeness (QED) is 0.577. The van der Waals surface area contributed by atoms with Crippen molar-refractivity contribution in [2.75, 3.05) is 25.5 Å². The van der Waals surface area contributed by atoms with Crippen molar-refractivity contribution in [1.82, 2.24) is 9.47 Å². The highest BCUT2D eigenvalue weighted by atomic mass is 32.2. The van der Waals surface area contributed by atoms with Gasteiger partial charge in [-0.2, -0.15) is 0 Å². The minimum atomic E-state index is 0.00244. The van der Waals surface area contributed by atoms with Crippen LogP contribution < -0.4 is 4.90 Å². The largest absolute Gasteiger partial charge is 0.378 e. The van der Waals surface area contributed by atoms with Crippen LogP contribution in [0, 0.1) is 13.8 Å². The summed E-state index contributed by atoms with van der Waals surface area (Å²) >= 11 is 6.68. The van der Waals surface area contributed by atoms with E-state index in [0.29, 0.717) is 15.8 Å². The maximum absolute atomic E-state index is 12.5. The van der Waals surface area contributed by atoms with Gasteiger partial charge in [-0.15, -0.1) is 0 Å². The summed E-state index contributed by atoms with van der Waals surface area (Å²) in [7, 11) is 4.07. The second kappa shape index (κ2) is 7.29. The van der Waals surface area contributed by atoms with Gasteiger partial charge in [-0.25, -0.2) is 0 Å². The molecular formula is C20H23N3OS2. The fraction of sp³-hybridized carbons (Fsp3) is 0.300. The van der Waals surface area contributed by atoms with Crippen molar-refractivity contribution in [3.63, 3.8) is 0 Å². The van der Waals surface area contributed by atoms with Crippen LogP contribution in [0.15, 0.2) is 35.2 Å². The second-order valence-corrected chi connectivity index (χ2v) is 8.17. The van der Waals surface area contributed by atoms with Crippen molar-refractivity contribution in [2.24, 2.45) is 0 Å². The van der Waals surface area contributed by atoms with Gasteiger partial charge in [0.1, 0.15) is 4.32 Å². The van der Waals surface area contributed by atoms with E-state index in [4.69, 9.17) is 12.2 Å². The molecule has 0 atom stereocenters. The van der Waals surface area contributed by atoms with E-state index < -0.39 is 0 Å². The number of thioether (sulfide) groups is 1.